The summed E-state index contributed by atoms with van der Waals surface area (Å²) in [6.07, 6.45) is 4.95. The third-order valence-electron chi connectivity index (χ3n) is 2.69. The molecule has 3 nitrogen and oxygen atoms in total. The highest BCUT2D eigenvalue weighted by Crippen LogP contribution is 2.27. The van der Waals surface area contributed by atoms with Crippen molar-refractivity contribution in [1.29, 1.82) is 0 Å². The molecule has 0 amide bonds. The fourth-order valence-electron chi connectivity index (χ4n) is 1.97. The van der Waals surface area contributed by atoms with Crippen molar-refractivity contribution < 1.29 is 0 Å². The maximum atomic E-state index is 5.87. The van der Waals surface area contributed by atoms with Crippen LogP contribution < -0.4 is 5.32 Å². The molecule has 1 aliphatic carbocycles. The lowest BCUT2D eigenvalue weighted by atomic mass is 9.87. The molecule has 0 aliphatic heterocycles. The maximum Gasteiger partial charge on any atom is 0.205 e. The number of anilines is 1. The van der Waals surface area contributed by atoms with Crippen LogP contribution in [0.5, 0.6) is 0 Å². The highest BCUT2D eigenvalue weighted by atomic mass is 35.5. The standard InChI is InChI=1S/C9H14ClN3S/c10-5-7-2-1-3-8(4-7)12-9-13-11-6-14-9/h6-8H,1-5H2,(H,12,13). The molecule has 1 N–H and O–H groups in total. The molecule has 1 fully saturated rings. The van der Waals surface area contributed by atoms with Crippen molar-refractivity contribution in [2.45, 2.75) is 31.7 Å². The summed E-state index contributed by atoms with van der Waals surface area (Å²) in [5, 5.41) is 12.1. The van der Waals surface area contributed by atoms with Crippen molar-refractivity contribution in [3.05, 3.63) is 5.51 Å². The first-order valence-electron chi connectivity index (χ1n) is 4.97. The second-order valence-corrected chi connectivity index (χ2v) is 4.91. The van der Waals surface area contributed by atoms with Gasteiger partial charge in [0.2, 0.25) is 5.13 Å². The zero-order valence-corrected chi connectivity index (χ0v) is 9.52. The Bertz CT molecular complexity index is 265. The minimum Gasteiger partial charge on any atom is -0.357 e. The van der Waals surface area contributed by atoms with Crippen molar-refractivity contribution >= 4 is 28.1 Å². The van der Waals surface area contributed by atoms with Crippen molar-refractivity contribution in [2.24, 2.45) is 5.92 Å². The van der Waals surface area contributed by atoms with Crippen LogP contribution in [-0.4, -0.2) is 22.1 Å². The van der Waals surface area contributed by atoms with Gasteiger partial charge < -0.3 is 5.32 Å². The number of nitrogens with one attached hydrogen (secondary N) is 1. The highest BCUT2D eigenvalue weighted by Gasteiger charge is 2.21. The lowest BCUT2D eigenvalue weighted by Gasteiger charge is -2.28. The second-order valence-electron chi connectivity index (χ2n) is 3.77. The minimum atomic E-state index is 0.542. The quantitative estimate of drug-likeness (QED) is 0.813. The number of hydrogen-bond donors (Lipinski definition) is 1. The molecule has 1 aromatic heterocycles. The van der Waals surface area contributed by atoms with E-state index in [1.54, 1.807) is 16.8 Å². The first-order chi connectivity index (χ1) is 6.88. The summed E-state index contributed by atoms with van der Waals surface area (Å²) < 4.78 is 0. The zero-order chi connectivity index (χ0) is 9.80. The Kier molecular flexibility index (Phi) is 3.59. The molecule has 2 rings (SSSR count). The Balaban J connectivity index is 1.86. The maximum absolute atomic E-state index is 5.87. The molecule has 78 valence electrons. The molecular weight excluding hydrogens is 218 g/mol. The van der Waals surface area contributed by atoms with E-state index in [2.05, 4.69) is 15.5 Å². The molecule has 14 heavy (non-hydrogen) atoms. The molecule has 0 aromatic carbocycles. The minimum absolute atomic E-state index is 0.542. The monoisotopic (exact) mass is 231 g/mol. The molecule has 1 heterocycles. The average molecular weight is 232 g/mol. The summed E-state index contributed by atoms with van der Waals surface area (Å²) in [7, 11) is 0. The molecule has 1 aromatic rings. The normalized spacial score (nSPS) is 27.5. The molecule has 1 aliphatic rings. The Morgan fingerprint density at radius 1 is 1.57 bits per heavy atom. The van der Waals surface area contributed by atoms with E-state index < -0.39 is 0 Å². The molecule has 0 spiro atoms. The largest absolute Gasteiger partial charge is 0.357 e. The molecular formula is C9H14ClN3S. The van der Waals surface area contributed by atoms with Gasteiger partial charge in [-0.05, 0) is 25.2 Å². The van der Waals surface area contributed by atoms with E-state index in [9.17, 15) is 0 Å². The van der Waals surface area contributed by atoms with E-state index >= 15 is 0 Å². The van der Waals surface area contributed by atoms with Gasteiger partial charge in [-0.3, -0.25) is 0 Å². The van der Waals surface area contributed by atoms with Crippen LogP contribution in [0, 0.1) is 5.92 Å². The fraction of sp³-hybridized carbons (Fsp3) is 0.778. The van der Waals surface area contributed by atoms with Crippen LogP contribution in [0.3, 0.4) is 0 Å². The summed E-state index contributed by atoms with van der Waals surface area (Å²) in [5.74, 6) is 1.46. The van der Waals surface area contributed by atoms with Crippen molar-refractivity contribution in [2.75, 3.05) is 11.2 Å². The number of rotatable bonds is 3. The van der Waals surface area contributed by atoms with Crippen LogP contribution in [0.2, 0.25) is 0 Å². The predicted molar refractivity (Wildman–Crippen MR) is 60.0 cm³/mol. The number of hydrogen-bond acceptors (Lipinski definition) is 4. The Morgan fingerprint density at radius 3 is 3.21 bits per heavy atom. The number of halogens is 1. The molecule has 0 bridgehead atoms. The van der Waals surface area contributed by atoms with Gasteiger partial charge in [-0.1, -0.05) is 17.8 Å². The Hall–Kier alpha value is -0.350. The smallest absolute Gasteiger partial charge is 0.205 e. The third kappa shape index (κ3) is 2.58. The van der Waals surface area contributed by atoms with Crippen LogP contribution in [0.4, 0.5) is 5.13 Å². The molecule has 1 saturated carbocycles. The van der Waals surface area contributed by atoms with Crippen molar-refractivity contribution in [3.8, 4) is 0 Å². The summed E-state index contributed by atoms with van der Waals surface area (Å²) in [4.78, 5) is 0. The van der Waals surface area contributed by atoms with Crippen LogP contribution in [0.25, 0.3) is 0 Å². The molecule has 0 radical (unpaired) electrons. The summed E-state index contributed by atoms with van der Waals surface area (Å²) in [5.41, 5.74) is 1.75. The van der Waals surface area contributed by atoms with Gasteiger partial charge in [0, 0.05) is 11.9 Å². The van der Waals surface area contributed by atoms with E-state index in [0.29, 0.717) is 12.0 Å². The van der Waals surface area contributed by atoms with Crippen LogP contribution >= 0.6 is 22.9 Å². The van der Waals surface area contributed by atoms with Gasteiger partial charge in [0.05, 0.1) is 0 Å². The first-order valence-corrected chi connectivity index (χ1v) is 6.38. The third-order valence-corrected chi connectivity index (χ3v) is 3.75. The predicted octanol–water partition coefficient (Wildman–Crippen LogP) is 2.75. The van der Waals surface area contributed by atoms with E-state index in [1.165, 1.54) is 25.7 Å². The van der Waals surface area contributed by atoms with Crippen LogP contribution in [0.1, 0.15) is 25.7 Å². The second kappa shape index (κ2) is 4.94. The Labute approximate surface area is 92.9 Å². The highest BCUT2D eigenvalue weighted by molar-refractivity contribution is 7.13. The molecule has 2 atom stereocenters. The average Bonchev–Trinajstić information content (AvgIpc) is 2.71. The summed E-state index contributed by atoms with van der Waals surface area (Å²) >= 11 is 7.43. The molecule has 2 unspecified atom stereocenters. The lowest BCUT2D eigenvalue weighted by Crippen LogP contribution is -2.27. The summed E-state index contributed by atoms with van der Waals surface area (Å²) in [6.45, 7) is 0. The van der Waals surface area contributed by atoms with Crippen LogP contribution in [0.15, 0.2) is 5.51 Å². The summed E-state index contributed by atoms with van der Waals surface area (Å²) in [6, 6.07) is 0.542. The fourth-order valence-corrected chi connectivity index (χ4v) is 2.78. The van der Waals surface area contributed by atoms with Gasteiger partial charge in [0.25, 0.3) is 0 Å². The van der Waals surface area contributed by atoms with E-state index in [4.69, 9.17) is 11.6 Å². The van der Waals surface area contributed by atoms with Gasteiger partial charge in [-0.15, -0.1) is 21.8 Å². The van der Waals surface area contributed by atoms with Gasteiger partial charge in [0.15, 0.2) is 0 Å². The van der Waals surface area contributed by atoms with Crippen LogP contribution in [-0.2, 0) is 0 Å². The number of alkyl halides is 1. The topological polar surface area (TPSA) is 37.8 Å². The molecule has 0 saturated heterocycles. The van der Waals surface area contributed by atoms with E-state index in [0.717, 1.165) is 11.0 Å². The van der Waals surface area contributed by atoms with E-state index in [-0.39, 0.29) is 0 Å². The SMILES string of the molecule is ClCC1CCCC(Nc2nncs2)C1. The molecule has 5 heteroatoms. The lowest BCUT2D eigenvalue weighted by molar-refractivity contribution is 0.362. The van der Waals surface area contributed by atoms with Gasteiger partial charge in [0.1, 0.15) is 5.51 Å². The van der Waals surface area contributed by atoms with Gasteiger partial charge in [-0.25, -0.2) is 0 Å². The van der Waals surface area contributed by atoms with Crippen molar-refractivity contribution in [3.63, 3.8) is 0 Å². The van der Waals surface area contributed by atoms with E-state index in [1.807, 2.05) is 0 Å². The van der Waals surface area contributed by atoms with Crippen molar-refractivity contribution in [1.82, 2.24) is 10.2 Å². The van der Waals surface area contributed by atoms with Gasteiger partial charge >= 0.3 is 0 Å². The van der Waals surface area contributed by atoms with Gasteiger partial charge in [-0.2, -0.15) is 0 Å². The Morgan fingerprint density at radius 2 is 2.50 bits per heavy atom. The zero-order valence-electron chi connectivity index (χ0n) is 7.95. The first kappa shape index (κ1) is 10.2. The number of aromatic nitrogens is 2. The number of nitrogens with zero attached hydrogens (tertiary/aromatic N) is 2.